The van der Waals surface area contributed by atoms with Crippen molar-refractivity contribution in [3.05, 3.63) is 53.2 Å². The lowest BCUT2D eigenvalue weighted by Gasteiger charge is -2.35. The number of hydrogen-bond acceptors (Lipinski definition) is 6. The maximum absolute atomic E-state index is 10.8. The number of anilines is 1. The summed E-state index contributed by atoms with van der Waals surface area (Å²) in [5, 5.41) is 10.8. The van der Waals surface area contributed by atoms with Crippen molar-refractivity contribution in [2.75, 3.05) is 25.7 Å². The first-order chi connectivity index (χ1) is 12.6. The average Bonchev–Trinajstić information content (AvgIpc) is 2.66. The van der Waals surface area contributed by atoms with Crippen LogP contribution in [-0.2, 0) is 6.54 Å². The van der Waals surface area contributed by atoms with Crippen LogP contribution in [0.3, 0.4) is 0 Å². The Morgan fingerprint density at radius 3 is 2.35 bits per heavy atom. The Balaban J connectivity index is 1.81. The number of β-amino-alcohol motifs (C(OH)–C–C–N with tert-alkyl or cyclic N) is 1. The number of aryl methyl sites for hydroxylation is 1. The Morgan fingerprint density at radius 2 is 1.65 bits per heavy atom. The second kappa shape index (κ2) is 6.46. The topological polar surface area (TPSA) is 67.7 Å². The lowest BCUT2D eigenvalue weighted by Crippen LogP contribution is -2.35. The monoisotopic (exact) mass is 351 g/mol. The van der Waals surface area contributed by atoms with Gasteiger partial charge in [0.15, 0.2) is 5.82 Å². The molecule has 0 bridgehead atoms. The van der Waals surface area contributed by atoms with Gasteiger partial charge in [-0.15, -0.1) is 0 Å². The van der Waals surface area contributed by atoms with Gasteiger partial charge in [0, 0.05) is 17.7 Å². The molecule has 1 unspecified atom stereocenters. The number of rotatable bonds is 3. The molecule has 4 rings (SSSR count). The van der Waals surface area contributed by atoms with Gasteiger partial charge in [0.1, 0.15) is 17.6 Å². The van der Waals surface area contributed by atoms with Crippen molar-refractivity contribution >= 4 is 16.9 Å². The average molecular weight is 351 g/mol. The van der Waals surface area contributed by atoms with Gasteiger partial charge in [-0.1, -0.05) is 12.1 Å². The summed E-state index contributed by atoms with van der Waals surface area (Å²) in [7, 11) is 3.24. The van der Waals surface area contributed by atoms with Crippen molar-refractivity contribution < 1.29 is 14.6 Å². The van der Waals surface area contributed by atoms with Gasteiger partial charge in [-0.05, 0) is 31.2 Å². The van der Waals surface area contributed by atoms with Gasteiger partial charge >= 0.3 is 0 Å². The van der Waals surface area contributed by atoms with Gasteiger partial charge in [0.05, 0.1) is 37.5 Å². The quantitative estimate of drug-likeness (QED) is 0.782. The van der Waals surface area contributed by atoms with E-state index in [0.717, 1.165) is 39.4 Å². The zero-order chi connectivity index (χ0) is 18.3. The Bertz CT molecular complexity index is 974. The number of methoxy groups -OCH3 is 2. The van der Waals surface area contributed by atoms with Crippen LogP contribution in [0.2, 0.25) is 0 Å². The summed E-state index contributed by atoms with van der Waals surface area (Å²) in [5.74, 6) is 2.18. The number of fused-ring (bicyclic) bond motifs is 2. The minimum Gasteiger partial charge on any atom is -0.496 e. The maximum atomic E-state index is 10.8. The smallest absolute Gasteiger partial charge is 0.151 e. The summed E-state index contributed by atoms with van der Waals surface area (Å²) in [4.78, 5) is 11.5. The van der Waals surface area contributed by atoms with E-state index in [-0.39, 0.29) is 0 Å². The molecule has 26 heavy (non-hydrogen) atoms. The van der Waals surface area contributed by atoms with Crippen LogP contribution in [-0.4, -0.2) is 35.8 Å². The SMILES string of the molecule is COc1ccc(OC)c2c1CN(c1nc3ccccc3nc1C)CC2O. The Labute approximate surface area is 152 Å². The molecule has 1 aliphatic heterocycles. The maximum Gasteiger partial charge on any atom is 0.151 e. The van der Waals surface area contributed by atoms with Gasteiger partial charge in [0.2, 0.25) is 0 Å². The fourth-order valence-corrected chi connectivity index (χ4v) is 3.62. The molecule has 1 aliphatic rings. The van der Waals surface area contributed by atoms with E-state index < -0.39 is 6.10 Å². The molecule has 0 fully saturated rings. The molecule has 1 atom stereocenters. The Kier molecular flexibility index (Phi) is 4.12. The third-order valence-corrected chi connectivity index (χ3v) is 4.81. The standard InChI is InChI=1S/C20H21N3O3/c1-12-20(22-15-7-5-4-6-14(15)21-12)23-10-13-17(25-2)8-9-18(26-3)19(13)16(24)11-23/h4-9,16,24H,10-11H2,1-3H3. The van der Waals surface area contributed by atoms with Gasteiger partial charge in [-0.2, -0.15) is 0 Å². The van der Waals surface area contributed by atoms with Crippen molar-refractivity contribution in [3.8, 4) is 11.5 Å². The van der Waals surface area contributed by atoms with Crippen LogP contribution in [0.1, 0.15) is 22.9 Å². The number of ether oxygens (including phenoxy) is 2. The van der Waals surface area contributed by atoms with Crippen molar-refractivity contribution in [2.45, 2.75) is 19.6 Å². The predicted octanol–water partition coefficient (Wildman–Crippen LogP) is 3.01. The molecule has 2 heterocycles. The Morgan fingerprint density at radius 1 is 1.00 bits per heavy atom. The number of aromatic nitrogens is 2. The zero-order valence-electron chi connectivity index (χ0n) is 15.1. The molecule has 2 aromatic carbocycles. The number of aliphatic hydroxyl groups is 1. The van der Waals surface area contributed by atoms with E-state index in [4.69, 9.17) is 14.5 Å². The van der Waals surface area contributed by atoms with Gasteiger partial charge in [0.25, 0.3) is 0 Å². The van der Waals surface area contributed by atoms with E-state index in [2.05, 4.69) is 4.98 Å². The summed E-state index contributed by atoms with van der Waals surface area (Å²) >= 11 is 0. The number of para-hydroxylation sites is 2. The van der Waals surface area contributed by atoms with E-state index in [0.29, 0.717) is 18.8 Å². The van der Waals surface area contributed by atoms with Gasteiger partial charge < -0.3 is 19.5 Å². The molecule has 6 nitrogen and oxygen atoms in total. The van der Waals surface area contributed by atoms with Crippen LogP contribution in [0.15, 0.2) is 36.4 Å². The summed E-state index contributed by atoms with van der Waals surface area (Å²) in [6.07, 6.45) is -0.698. The first kappa shape index (κ1) is 16.6. The summed E-state index contributed by atoms with van der Waals surface area (Å²) in [6, 6.07) is 11.5. The van der Waals surface area contributed by atoms with Crippen molar-refractivity contribution in [1.82, 2.24) is 9.97 Å². The Hall–Kier alpha value is -2.86. The molecule has 1 N–H and O–H groups in total. The van der Waals surface area contributed by atoms with E-state index in [1.807, 2.05) is 48.2 Å². The molecule has 134 valence electrons. The molecular weight excluding hydrogens is 330 g/mol. The van der Waals surface area contributed by atoms with Crippen LogP contribution >= 0.6 is 0 Å². The van der Waals surface area contributed by atoms with Crippen LogP contribution < -0.4 is 14.4 Å². The molecule has 3 aromatic rings. The third kappa shape index (κ3) is 2.63. The highest BCUT2D eigenvalue weighted by molar-refractivity contribution is 5.76. The number of hydrogen-bond donors (Lipinski definition) is 1. The number of aliphatic hydroxyl groups excluding tert-OH is 1. The van der Waals surface area contributed by atoms with Crippen LogP contribution in [0.4, 0.5) is 5.82 Å². The second-order valence-electron chi connectivity index (χ2n) is 6.38. The van der Waals surface area contributed by atoms with Gasteiger partial charge in [-0.3, -0.25) is 0 Å². The van der Waals surface area contributed by atoms with Crippen molar-refractivity contribution in [1.29, 1.82) is 0 Å². The lowest BCUT2D eigenvalue weighted by molar-refractivity contribution is 0.169. The van der Waals surface area contributed by atoms with Crippen molar-refractivity contribution in [3.63, 3.8) is 0 Å². The third-order valence-electron chi connectivity index (χ3n) is 4.81. The fourth-order valence-electron chi connectivity index (χ4n) is 3.62. The van der Waals surface area contributed by atoms with E-state index in [9.17, 15) is 5.11 Å². The molecule has 0 spiro atoms. The minimum absolute atomic E-state index is 0.421. The summed E-state index contributed by atoms with van der Waals surface area (Å²) in [5.41, 5.74) is 4.24. The normalized spacial score (nSPS) is 16.5. The highest BCUT2D eigenvalue weighted by Gasteiger charge is 2.31. The summed E-state index contributed by atoms with van der Waals surface area (Å²) in [6.45, 7) is 2.94. The lowest BCUT2D eigenvalue weighted by atomic mass is 9.95. The number of benzene rings is 2. The first-order valence-corrected chi connectivity index (χ1v) is 8.52. The van der Waals surface area contributed by atoms with E-state index >= 15 is 0 Å². The van der Waals surface area contributed by atoms with Crippen LogP contribution in [0, 0.1) is 6.92 Å². The zero-order valence-corrected chi connectivity index (χ0v) is 15.1. The fraction of sp³-hybridized carbons (Fsp3) is 0.300. The molecule has 1 aromatic heterocycles. The second-order valence-corrected chi connectivity index (χ2v) is 6.38. The molecule has 0 saturated carbocycles. The number of nitrogens with zero attached hydrogens (tertiary/aromatic N) is 3. The molecule has 0 aliphatic carbocycles. The predicted molar refractivity (Wildman–Crippen MR) is 99.8 cm³/mol. The molecule has 0 amide bonds. The molecule has 6 heteroatoms. The van der Waals surface area contributed by atoms with Crippen LogP contribution in [0.25, 0.3) is 11.0 Å². The summed E-state index contributed by atoms with van der Waals surface area (Å²) < 4.78 is 11.0. The van der Waals surface area contributed by atoms with E-state index in [1.54, 1.807) is 14.2 Å². The largest absolute Gasteiger partial charge is 0.496 e. The van der Waals surface area contributed by atoms with E-state index in [1.165, 1.54) is 0 Å². The minimum atomic E-state index is -0.698. The van der Waals surface area contributed by atoms with Crippen molar-refractivity contribution in [2.24, 2.45) is 0 Å². The van der Waals surface area contributed by atoms with Crippen LogP contribution in [0.5, 0.6) is 11.5 Å². The molecule has 0 radical (unpaired) electrons. The highest BCUT2D eigenvalue weighted by Crippen LogP contribution is 2.40. The highest BCUT2D eigenvalue weighted by atomic mass is 16.5. The first-order valence-electron chi connectivity index (χ1n) is 8.52. The molecular formula is C20H21N3O3. The molecule has 0 saturated heterocycles. The van der Waals surface area contributed by atoms with Gasteiger partial charge in [-0.25, -0.2) is 9.97 Å².